The summed E-state index contributed by atoms with van der Waals surface area (Å²) in [6, 6.07) is 4.79. The number of rotatable bonds is 5. The van der Waals surface area contributed by atoms with E-state index in [1.165, 1.54) is 26.0 Å². The van der Waals surface area contributed by atoms with Crippen LogP contribution in [0, 0.1) is 5.82 Å². The van der Waals surface area contributed by atoms with Crippen molar-refractivity contribution < 1.29 is 9.13 Å². The first-order valence-corrected chi connectivity index (χ1v) is 9.11. The molecule has 0 spiro atoms. The predicted octanol–water partition coefficient (Wildman–Crippen LogP) is 2.39. The molecule has 0 bridgehead atoms. The highest BCUT2D eigenvalue weighted by Gasteiger charge is 2.18. The van der Waals surface area contributed by atoms with E-state index in [0.717, 1.165) is 29.2 Å². The molecule has 0 saturated heterocycles. The zero-order chi connectivity index (χ0) is 19.0. The monoisotopic (exact) mass is 372 g/mol. The lowest BCUT2D eigenvalue weighted by molar-refractivity contribution is 0.387. The molecule has 2 heterocycles. The Kier molecular flexibility index (Phi) is 4.55. The number of aromatic nitrogens is 4. The number of hydrogen-bond acceptors (Lipinski definition) is 4. The first-order valence-electron chi connectivity index (χ1n) is 9.11. The Bertz CT molecular complexity index is 1090. The molecule has 1 aromatic carbocycles. The van der Waals surface area contributed by atoms with Crippen molar-refractivity contribution in [3.05, 3.63) is 56.7 Å². The molecule has 1 fully saturated rings. The van der Waals surface area contributed by atoms with E-state index in [1.807, 2.05) is 16.9 Å². The van der Waals surface area contributed by atoms with Gasteiger partial charge in [-0.1, -0.05) is 12.8 Å². The van der Waals surface area contributed by atoms with Crippen LogP contribution in [-0.2, 0) is 13.0 Å². The minimum atomic E-state index is -0.629. The van der Waals surface area contributed by atoms with Crippen molar-refractivity contribution in [2.24, 2.45) is 0 Å². The van der Waals surface area contributed by atoms with Gasteiger partial charge in [-0.2, -0.15) is 5.10 Å². The van der Waals surface area contributed by atoms with Crippen LogP contribution in [0.25, 0.3) is 10.9 Å². The third-order valence-corrected chi connectivity index (χ3v) is 5.21. The lowest BCUT2D eigenvalue weighted by atomic mass is 10.2. The van der Waals surface area contributed by atoms with Crippen molar-refractivity contribution in [1.29, 1.82) is 0 Å². The minimum Gasteiger partial charge on any atom is -0.494 e. The molecule has 4 rings (SSSR count). The minimum absolute atomic E-state index is 0.0338. The van der Waals surface area contributed by atoms with Gasteiger partial charge >= 0.3 is 5.69 Å². The van der Waals surface area contributed by atoms with E-state index >= 15 is 0 Å². The summed E-state index contributed by atoms with van der Waals surface area (Å²) in [5, 5.41) is 4.80. The number of aryl methyl sites for hydroxylation is 1. The number of benzene rings is 1. The highest BCUT2D eigenvalue weighted by Crippen LogP contribution is 2.28. The topological polar surface area (TPSA) is 81.9 Å². The molecule has 3 aromatic rings. The third-order valence-electron chi connectivity index (χ3n) is 5.21. The Morgan fingerprint density at radius 2 is 2.07 bits per heavy atom. The summed E-state index contributed by atoms with van der Waals surface area (Å²) in [5.74, 6) is -0.663. The number of aromatic amines is 1. The second-order valence-electron chi connectivity index (χ2n) is 6.89. The fourth-order valence-corrected chi connectivity index (χ4v) is 3.72. The normalized spacial score (nSPS) is 14.9. The van der Waals surface area contributed by atoms with Crippen LogP contribution in [0.1, 0.15) is 37.4 Å². The van der Waals surface area contributed by atoms with Gasteiger partial charge in [0, 0.05) is 25.2 Å². The van der Waals surface area contributed by atoms with Crippen LogP contribution in [0.15, 0.2) is 34.0 Å². The van der Waals surface area contributed by atoms with Crippen LogP contribution in [0.2, 0.25) is 0 Å². The molecule has 1 aliphatic rings. The van der Waals surface area contributed by atoms with Crippen LogP contribution in [-0.4, -0.2) is 26.4 Å². The lowest BCUT2D eigenvalue weighted by Crippen LogP contribution is -2.35. The van der Waals surface area contributed by atoms with Gasteiger partial charge in [-0.15, -0.1) is 0 Å². The fourth-order valence-electron chi connectivity index (χ4n) is 3.72. The maximum atomic E-state index is 13.8. The molecule has 0 aliphatic heterocycles. The summed E-state index contributed by atoms with van der Waals surface area (Å²) >= 11 is 0. The maximum absolute atomic E-state index is 13.8. The standard InChI is InChI=1S/C19H21FN4O3/c1-27-17-10-14-16(11-15(17)20)21-19(26)23(18(14)25)8-6-12-7-9-24(22-12)13-4-2-3-5-13/h7,9-11,13H,2-6,8H2,1H3,(H,21,26). The first kappa shape index (κ1) is 17.5. The molecule has 0 atom stereocenters. The number of halogens is 1. The average molecular weight is 372 g/mol. The lowest BCUT2D eigenvalue weighted by Gasteiger charge is -2.09. The Balaban J connectivity index is 1.61. The largest absolute Gasteiger partial charge is 0.494 e. The number of nitrogens with one attached hydrogen (secondary N) is 1. The highest BCUT2D eigenvalue weighted by molar-refractivity contribution is 5.79. The van der Waals surface area contributed by atoms with Crippen molar-refractivity contribution in [2.45, 2.75) is 44.7 Å². The van der Waals surface area contributed by atoms with E-state index in [-0.39, 0.29) is 23.2 Å². The van der Waals surface area contributed by atoms with Gasteiger partial charge in [0.15, 0.2) is 11.6 Å². The Hall–Kier alpha value is -2.90. The molecule has 27 heavy (non-hydrogen) atoms. The van der Waals surface area contributed by atoms with Gasteiger partial charge in [0.05, 0.1) is 29.7 Å². The van der Waals surface area contributed by atoms with E-state index < -0.39 is 17.1 Å². The predicted molar refractivity (Wildman–Crippen MR) is 98.8 cm³/mol. The number of ether oxygens (including phenoxy) is 1. The van der Waals surface area contributed by atoms with Gasteiger partial charge in [0.25, 0.3) is 5.56 Å². The first-order chi connectivity index (χ1) is 13.1. The number of hydrogen-bond donors (Lipinski definition) is 1. The fraction of sp³-hybridized carbons (Fsp3) is 0.421. The summed E-state index contributed by atoms with van der Waals surface area (Å²) in [4.78, 5) is 27.6. The summed E-state index contributed by atoms with van der Waals surface area (Å²) in [6.07, 6.45) is 7.17. The van der Waals surface area contributed by atoms with Crippen molar-refractivity contribution >= 4 is 10.9 Å². The Morgan fingerprint density at radius 3 is 2.81 bits per heavy atom. The average Bonchev–Trinajstić information content (AvgIpc) is 3.32. The van der Waals surface area contributed by atoms with Crippen molar-refractivity contribution in [3.8, 4) is 5.75 Å². The SMILES string of the molecule is COc1cc2c(=O)n(CCc3ccn(C4CCCC4)n3)c(=O)[nH]c2cc1F. The summed E-state index contributed by atoms with van der Waals surface area (Å²) in [7, 11) is 1.33. The van der Waals surface area contributed by atoms with Crippen LogP contribution in [0.4, 0.5) is 4.39 Å². The second-order valence-corrected chi connectivity index (χ2v) is 6.89. The van der Waals surface area contributed by atoms with Gasteiger partial charge in [0.1, 0.15) is 0 Å². The van der Waals surface area contributed by atoms with E-state index in [2.05, 4.69) is 10.1 Å². The van der Waals surface area contributed by atoms with Crippen molar-refractivity contribution in [1.82, 2.24) is 19.3 Å². The molecule has 1 N–H and O–H groups in total. The van der Waals surface area contributed by atoms with Crippen molar-refractivity contribution in [2.75, 3.05) is 7.11 Å². The molecule has 1 aliphatic carbocycles. The van der Waals surface area contributed by atoms with Gasteiger partial charge in [-0.05, 0) is 25.0 Å². The molecule has 7 nitrogen and oxygen atoms in total. The Labute approximate surface area is 154 Å². The molecule has 0 radical (unpaired) electrons. The molecular weight excluding hydrogens is 351 g/mol. The van der Waals surface area contributed by atoms with Crippen LogP contribution in [0.5, 0.6) is 5.75 Å². The molecular formula is C19H21FN4O3. The number of H-pyrrole nitrogens is 1. The number of methoxy groups -OCH3 is 1. The van der Waals surface area contributed by atoms with Crippen molar-refractivity contribution in [3.63, 3.8) is 0 Å². The summed E-state index contributed by atoms with van der Waals surface area (Å²) in [5.41, 5.74) is -0.0374. The van der Waals surface area contributed by atoms with Crippen LogP contribution in [0.3, 0.4) is 0 Å². The number of fused-ring (bicyclic) bond motifs is 1. The Morgan fingerprint density at radius 1 is 1.30 bits per heavy atom. The van der Waals surface area contributed by atoms with E-state index in [4.69, 9.17) is 4.74 Å². The zero-order valence-corrected chi connectivity index (χ0v) is 15.1. The molecule has 0 unspecified atom stereocenters. The van der Waals surface area contributed by atoms with Gasteiger partial charge < -0.3 is 9.72 Å². The smallest absolute Gasteiger partial charge is 0.328 e. The molecule has 1 saturated carbocycles. The van der Waals surface area contributed by atoms with Gasteiger partial charge in [-0.3, -0.25) is 14.0 Å². The third kappa shape index (κ3) is 3.27. The second kappa shape index (κ2) is 7.02. The summed E-state index contributed by atoms with van der Waals surface area (Å²) < 4.78 is 21.9. The van der Waals surface area contributed by atoms with E-state index in [0.29, 0.717) is 12.5 Å². The van der Waals surface area contributed by atoms with E-state index in [1.54, 1.807) is 0 Å². The zero-order valence-electron chi connectivity index (χ0n) is 15.1. The molecule has 0 amide bonds. The maximum Gasteiger partial charge on any atom is 0.328 e. The van der Waals surface area contributed by atoms with Crippen LogP contribution < -0.4 is 16.0 Å². The molecule has 142 valence electrons. The quantitative estimate of drug-likeness (QED) is 0.746. The van der Waals surface area contributed by atoms with Gasteiger partial charge in [-0.25, -0.2) is 9.18 Å². The van der Waals surface area contributed by atoms with Crippen LogP contribution >= 0.6 is 0 Å². The summed E-state index contributed by atoms with van der Waals surface area (Å²) in [6.45, 7) is 0.200. The highest BCUT2D eigenvalue weighted by atomic mass is 19.1. The van der Waals surface area contributed by atoms with Gasteiger partial charge in [0.2, 0.25) is 0 Å². The molecule has 8 heteroatoms. The molecule has 2 aromatic heterocycles. The van der Waals surface area contributed by atoms with E-state index in [9.17, 15) is 14.0 Å². The number of nitrogens with zero attached hydrogens (tertiary/aromatic N) is 3.